The summed E-state index contributed by atoms with van der Waals surface area (Å²) in [4.78, 5) is 4.67. The van der Waals surface area contributed by atoms with E-state index in [1.165, 1.54) is 24.1 Å². The van der Waals surface area contributed by atoms with Crippen LogP contribution >= 0.6 is 0 Å². The summed E-state index contributed by atoms with van der Waals surface area (Å²) in [5.74, 6) is 0.812. The topological polar surface area (TPSA) is 12.4 Å². The predicted octanol–water partition coefficient (Wildman–Crippen LogP) is 3.21. The lowest BCUT2D eigenvalue weighted by molar-refractivity contribution is 0.519. The molecule has 0 aromatic rings. The second kappa shape index (κ2) is 2.70. The van der Waals surface area contributed by atoms with Gasteiger partial charge in [-0.05, 0) is 36.3 Å². The molecule has 0 atom stereocenters. The van der Waals surface area contributed by atoms with E-state index >= 15 is 0 Å². The average Bonchev–Trinajstić information content (AvgIpc) is 2.73. The Balaban J connectivity index is 2.31. The maximum Gasteiger partial charge on any atom is 0.0607 e. The fourth-order valence-electron chi connectivity index (χ4n) is 2.29. The van der Waals surface area contributed by atoms with E-state index in [1.807, 2.05) is 0 Å². The van der Waals surface area contributed by atoms with E-state index in [2.05, 4.69) is 32.7 Å². The zero-order valence-corrected chi connectivity index (χ0v) is 9.15. The first-order chi connectivity index (χ1) is 6.00. The van der Waals surface area contributed by atoms with Crippen LogP contribution in [0.3, 0.4) is 0 Å². The normalized spacial score (nSPS) is 23.8. The fraction of sp³-hybridized carbons (Fsp3) is 0.750. The minimum Gasteiger partial charge on any atom is -0.285 e. The quantitative estimate of drug-likeness (QED) is 0.583. The van der Waals surface area contributed by atoms with E-state index in [4.69, 9.17) is 0 Å². The van der Waals surface area contributed by atoms with E-state index in [9.17, 15) is 0 Å². The number of hydrogen-bond donors (Lipinski definition) is 0. The van der Waals surface area contributed by atoms with Gasteiger partial charge in [0.1, 0.15) is 0 Å². The summed E-state index contributed by atoms with van der Waals surface area (Å²) in [6.45, 7) is 10.1. The second-order valence-electron chi connectivity index (χ2n) is 5.38. The van der Waals surface area contributed by atoms with Crippen LogP contribution in [-0.2, 0) is 0 Å². The standard InChI is InChI=1S/C12H19N/c1-8-7-13-11(9-5-6-9)10(8)12(2,3)4/h9H,5-7H2,1-4H3. The number of nitrogens with zero attached hydrogens (tertiary/aromatic N) is 1. The van der Waals surface area contributed by atoms with Crippen molar-refractivity contribution in [1.29, 1.82) is 0 Å². The van der Waals surface area contributed by atoms with Crippen LogP contribution in [0.4, 0.5) is 0 Å². The van der Waals surface area contributed by atoms with Gasteiger partial charge in [0, 0.05) is 11.6 Å². The molecule has 0 unspecified atom stereocenters. The maximum atomic E-state index is 4.67. The Labute approximate surface area is 80.9 Å². The SMILES string of the molecule is CC1=C(C(C)(C)C)C(C2CC2)=NC1. The molecule has 0 radical (unpaired) electrons. The van der Waals surface area contributed by atoms with Gasteiger partial charge >= 0.3 is 0 Å². The molecule has 0 bridgehead atoms. The highest BCUT2D eigenvalue weighted by Gasteiger charge is 2.36. The molecule has 72 valence electrons. The summed E-state index contributed by atoms with van der Waals surface area (Å²) >= 11 is 0. The van der Waals surface area contributed by atoms with Crippen LogP contribution in [0.25, 0.3) is 0 Å². The Morgan fingerprint density at radius 2 is 1.85 bits per heavy atom. The highest BCUT2D eigenvalue weighted by Crippen LogP contribution is 2.42. The highest BCUT2D eigenvalue weighted by molar-refractivity contribution is 6.06. The van der Waals surface area contributed by atoms with Gasteiger partial charge in [0.2, 0.25) is 0 Å². The van der Waals surface area contributed by atoms with Crippen LogP contribution < -0.4 is 0 Å². The Bertz CT molecular complexity index is 285. The van der Waals surface area contributed by atoms with E-state index in [-0.39, 0.29) is 0 Å². The maximum absolute atomic E-state index is 4.67. The Kier molecular flexibility index (Phi) is 1.86. The molecule has 13 heavy (non-hydrogen) atoms. The van der Waals surface area contributed by atoms with Gasteiger partial charge in [0.15, 0.2) is 0 Å². The number of allylic oxidation sites excluding steroid dienone is 1. The molecule has 0 aromatic carbocycles. The molecule has 0 N–H and O–H groups in total. The lowest BCUT2D eigenvalue weighted by Crippen LogP contribution is -2.18. The van der Waals surface area contributed by atoms with Crippen molar-refractivity contribution < 1.29 is 0 Å². The molecule has 1 aliphatic heterocycles. The molecule has 1 heteroatoms. The van der Waals surface area contributed by atoms with Crippen LogP contribution in [0.5, 0.6) is 0 Å². The third kappa shape index (κ3) is 1.56. The highest BCUT2D eigenvalue weighted by atomic mass is 14.8. The smallest absolute Gasteiger partial charge is 0.0607 e. The third-order valence-electron chi connectivity index (χ3n) is 2.88. The van der Waals surface area contributed by atoms with Crippen LogP contribution in [0.2, 0.25) is 0 Å². The van der Waals surface area contributed by atoms with Crippen LogP contribution in [0, 0.1) is 11.3 Å². The van der Waals surface area contributed by atoms with E-state index < -0.39 is 0 Å². The van der Waals surface area contributed by atoms with Gasteiger partial charge in [-0.1, -0.05) is 20.8 Å². The van der Waals surface area contributed by atoms with E-state index in [0.717, 1.165) is 12.5 Å². The molecular formula is C12H19N. The van der Waals surface area contributed by atoms with Gasteiger partial charge in [-0.25, -0.2) is 0 Å². The lowest BCUT2D eigenvalue weighted by Gasteiger charge is -2.23. The van der Waals surface area contributed by atoms with Crippen LogP contribution in [0.15, 0.2) is 16.1 Å². The summed E-state index contributed by atoms with van der Waals surface area (Å²) in [7, 11) is 0. The molecule has 2 aliphatic rings. The predicted molar refractivity (Wildman–Crippen MR) is 57.2 cm³/mol. The molecule has 1 fully saturated rings. The van der Waals surface area contributed by atoms with Gasteiger partial charge in [0.25, 0.3) is 0 Å². The summed E-state index contributed by atoms with van der Waals surface area (Å²) in [5, 5.41) is 0. The monoisotopic (exact) mass is 177 g/mol. The largest absolute Gasteiger partial charge is 0.285 e. The molecule has 2 rings (SSSR count). The summed E-state index contributed by atoms with van der Waals surface area (Å²) in [6.07, 6.45) is 2.73. The van der Waals surface area contributed by atoms with Crippen LogP contribution in [0.1, 0.15) is 40.5 Å². The first kappa shape index (κ1) is 8.98. The molecule has 1 aliphatic carbocycles. The average molecular weight is 177 g/mol. The van der Waals surface area contributed by atoms with E-state index in [0.29, 0.717) is 5.41 Å². The zero-order chi connectivity index (χ0) is 9.64. The molecule has 0 amide bonds. The Morgan fingerprint density at radius 3 is 2.31 bits per heavy atom. The molecule has 0 saturated heterocycles. The van der Waals surface area contributed by atoms with Crippen LogP contribution in [-0.4, -0.2) is 12.3 Å². The minimum absolute atomic E-state index is 0.294. The van der Waals surface area contributed by atoms with Gasteiger partial charge in [-0.2, -0.15) is 0 Å². The molecule has 0 spiro atoms. The molecule has 1 saturated carbocycles. The molecule has 0 aromatic heterocycles. The van der Waals surface area contributed by atoms with Crippen molar-refractivity contribution in [3.63, 3.8) is 0 Å². The van der Waals surface area contributed by atoms with Crippen molar-refractivity contribution in [2.24, 2.45) is 16.3 Å². The molecule has 1 heterocycles. The summed E-state index contributed by atoms with van der Waals surface area (Å²) in [5.41, 5.74) is 4.77. The van der Waals surface area contributed by atoms with E-state index in [1.54, 1.807) is 5.57 Å². The summed E-state index contributed by atoms with van der Waals surface area (Å²) < 4.78 is 0. The first-order valence-corrected chi connectivity index (χ1v) is 5.25. The number of aliphatic imine (C=N–C) groups is 1. The van der Waals surface area contributed by atoms with Crippen molar-refractivity contribution in [1.82, 2.24) is 0 Å². The zero-order valence-electron chi connectivity index (χ0n) is 9.15. The Hall–Kier alpha value is -0.590. The molecule has 1 nitrogen and oxygen atoms in total. The summed E-state index contributed by atoms with van der Waals surface area (Å²) in [6, 6.07) is 0. The van der Waals surface area contributed by atoms with Crippen molar-refractivity contribution in [3.8, 4) is 0 Å². The van der Waals surface area contributed by atoms with Crippen molar-refractivity contribution in [3.05, 3.63) is 11.1 Å². The van der Waals surface area contributed by atoms with Crippen molar-refractivity contribution in [2.75, 3.05) is 6.54 Å². The van der Waals surface area contributed by atoms with Gasteiger partial charge in [-0.15, -0.1) is 0 Å². The first-order valence-electron chi connectivity index (χ1n) is 5.25. The minimum atomic E-state index is 0.294. The van der Waals surface area contributed by atoms with Gasteiger partial charge in [-0.3, -0.25) is 4.99 Å². The second-order valence-corrected chi connectivity index (χ2v) is 5.38. The van der Waals surface area contributed by atoms with Gasteiger partial charge < -0.3 is 0 Å². The van der Waals surface area contributed by atoms with Gasteiger partial charge in [0.05, 0.1) is 6.54 Å². The number of rotatable bonds is 1. The fourth-order valence-corrected chi connectivity index (χ4v) is 2.29. The lowest BCUT2D eigenvalue weighted by atomic mass is 9.80. The third-order valence-corrected chi connectivity index (χ3v) is 2.88. The van der Waals surface area contributed by atoms with Crippen molar-refractivity contribution in [2.45, 2.75) is 40.5 Å². The van der Waals surface area contributed by atoms with Crippen molar-refractivity contribution >= 4 is 5.71 Å². The Morgan fingerprint density at radius 1 is 1.23 bits per heavy atom. The number of hydrogen-bond acceptors (Lipinski definition) is 1. The molecular weight excluding hydrogens is 158 g/mol.